The minimum atomic E-state index is -0.845. The highest BCUT2D eigenvalue weighted by Crippen LogP contribution is 2.31. The number of nitrogens with zero attached hydrogens (tertiary/aromatic N) is 2. The first-order chi connectivity index (χ1) is 11.5. The fraction of sp³-hybridized carbons (Fsp3) is 0.529. The fourth-order valence-electron chi connectivity index (χ4n) is 3.36. The standard InChI is InChI=1S/C17H22ClN3O3/c18-13-4-5-15(20-7-2-1-3-8-20)14(10-13)19-17(24)21-9-6-12(11-21)16(22)23/h4-5,10,12H,1-3,6-9,11H2,(H,19,24)(H,22,23). The minimum Gasteiger partial charge on any atom is -0.481 e. The minimum absolute atomic E-state index is 0.251. The third-order valence-corrected chi connectivity index (χ3v) is 4.96. The van der Waals surface area contributed by atoms with Crippen molar-refractivity contribution in [2.24, 2.45) is 5.92 Å². The highest BCUT2D eigenvalue weighted by Gasteiger charge is 2.31. The second-order valence-electron chi connectivity index (χ2n) is 6.41. The normalized spacial score (nSPS) is 21.0. The van der Waals surface area contributed by atoms with Crippen molar-refractivity contribution < 1.29 is 14.7 Å². The molecule has 2 heterocycles. The van der Waals surface area contributed by atoms with Gasteiger partial charge in [0.2, 0.25) is 0 Å². The van der Waals surface area contributed by atoms with Crippen molar-refractivity contribution in [3.63, 3.8) is 0 Å². The van der Waals surface area contributed by atoms with E-state index >= 15 is 0 Å². The molecule has 6 nitrogen and oxygen atoms in total. The van der Waals surface area contributed by atoms with E-state index in [9.17, 15) is 9.59 Å². The molecule has 0 saturated carbocycles. The molecule has 2 saturated heterocycles. The number of aliphatic carboxylic acids is 1. The molecule has 1 aromatic carbocycles. The Labute approximate surface area is 146 Å². The zero-order chi connectivity index (χ0) is 17.1. The Hall–Kier alpha value is -1.95. The predicted molar refractivity (Wildman–Crippen MR) is 93.9 cm³/mol. The first-order valence-corrected chi connectivity index (χ1v) is 8.75. The molecule has 0 spiro atoms. The van der Waals surface area contributed by atoms with Gasteiger partial charge < -0.3 is 20.2 Å². The lowest BCUT2D eigenvalue weighted by Gasteiger charge is -2.31. The zero-order valence-electron chi connectivity index (χ0n) is 13.5. The zero-order valence-corrected chi connectivity index (χ0v) is 14.3. The summed E-state index contributed by atoms with van der Waals surface area (Å²) in [4.78, 5) is 27.4. The van der Waals surface area contributed by atoms with Crippen LogP contribution in [0.4, 0.5) is 16.2 Å². The molecule has 1 atom stereocenters. The Morgan fingerprint density at radius 2 is 1.92 bits per heavy atom. The van der Waals surface area contributed by atoms with Crippen molar-refractivity contribution in [1.29, 1.82) is 0 Å². The summed E-state index contributed by atoms with van der Waals surface area (Å²) < 4.78 is 0. The number of piperidine rings is 1. The molecule has 1 aromatic rings. The molecular weight excluding hydrogens is 330 g/mol. The van der Waals surface area contributed by atoms with Crippen LogP contribution < -0.4 is 10.2 Å². The highest BCUT2D eigenvalue weighted by atomic mass is 35.5. The maximum atomic E-state index is 12.5. The van der Waals surface area contributed by atoms with E-state index in [0.717, 1.165) is 31.6 Å². The quantitative estimate of drug-likeness (QED) is 0.876. The molecule has 2 aliphatic rings. The van der Waals surface area contributed by atoms with E-state index in [4.69, 9.17) is 16.7 Å². The number of rotatable bonds is 3. The van der Waals surface area contributed by atoms with Crippen molar-refractivity contribution in [3.05, 3.63) is 23.2 Å². The molecule has 0 aromatic heterocycles. The molecule has 0 aliphatic carbocycles. The summed E-state index contributed by atoms with van der Waals surface area (Å²) >= 11 is 6.10. The summed E-state index contributed by atoms with van der Waals surface area (Å²) in [5.74, 6) is -1.32. The number of urea groups is 1. The van der Waals surface area contributed by atoms with Gasteiger partial charge in [-0.15, -0.1) is 0 Å². The van der Waals surface area contributed by atoms with E-state index in [0.29, 0.717) is 23.7 Å². The highest BCUT2D eigenvalue weighted by molar-refractivity contribution is 6.31. The van der Waals surface area contributed by atoms with Crippen molar-refractivity contribution >= 4 is 35.0 Å². The molecule has 0 radical (unpaired) electrons. The topological polar surface area (TPSA) is 72.9 Å². The van der Waals surface area contributed by atoms with Gasteiger partial charge in [0.05, 0.1) is 17.3 Å². The Morgan fingerprint density at radius 3 is 2.58 bits per heavy atom. The molecule has 2 N–H and O–H groups in total. The molecule has 2 amide bonds. The maximum Gasteiger partial charge on any atom is 0.321 e. The van der Waals surface area contributed by atoms with Crippen molar-refractivity contribution in [1.82, 2.24) is 4.90 Å². The van der Waals surface area contributed by atoms with Crippen LogP contribution in [-0.4, -0.2) is 48.2 Å². The Bertz CT molecular complexity index is 632. The third kappa shape index (κ3) is 3.75. The lowest BCUT2D eigenvalue weighted by molar-refractivity contribution is -0.141. The number of hydrogen-bond acceptors (Lipinski definition) is 3. The van der Waals surface area contributed by atoms with Gasteiger partial charge in [0.25, 0.3) is 0 Å². The van der Waals surface area contributed by atoms with Gasteiger partial charge in [0.15, 0.2) is 0 Å². The number of halogens is 1. The molecule has 2 aliphatic heterocycles. The Balaban J connectivity index is 1.73. The molecule has 3 rings (SSSR count). The number of carboxylic acid groups (broad SMARTS) is 1. The number of likely N-dealkylation sites (tertiary alicyclic amines) is 1. The first-order valence-electron chi connectivity index (χ1n) is 8.38. The second-order valence-corrected chi connectivity index (χ2v) is 6.85. The summed E-state index contributed by atoms with van der Waals surface area (Å²) in [7, 11) is 0. The van der Waals surface area contributed by atoms with Crippen LogP contribution in [0.15, 0.2) is 18.2 Å². The predicted octanol–water partition coefficient (Wildman–Crippen LogP) is 3.27. The van der Waals surface area contributed by atoms with Crippen LogP contribution in [-0.2, 0) is 4.79 Å². The smallest absolute Gasteiger partial charge is 0.321 e. The van der Waals surface area contributed by atoms with Gasteiger partial charge in [-0.3, -0.25) is 4.79 Å². The van der Waals surface area contributed by atoms with Crippen molar-refractivity contribution in [2.45, 2.75) is 25.7 Å². The summed E-state index contributed by atoms with van der Waals surface area (Å²) in [6.07, 6.45) is 4.01. The van der Waals surface area contributed by atoms with E-state index in [2.05, 4.69) is 10.2 Å². The van der Waals surface area contributed by atoms with E-state index < -0.39 is 11.9 Å². The lowest BCUT2D eigenvalue weighted by Crippen LogP contribution is -2.35. The van der Waals surface area contributed by atoms with Gasteiger partial charge >= 0.3 is 12.0 Å². The second kappa shape index (κ2) is 7.30. The summed E-state index contributed by atoms with van der Waals surface area (Å²) in [6, 6.07) is 5.26. The fourth-order valence-corrected chi connectivity index (χ4v) is 3.53. The van der Waals surface area contributed by atoms with Crippen molar-refractivity contribution in [3.8, 4) is 0 Å². The van der Waals surface area contributed by atoms with Crippen molar-refractivity contribution in [2.75, 3.05) is 36.4 Å². The van der Waals surface area contributed by atoms with Crippen LogP contribution >= 0.6 is 11.6 Å². The molecule has 0 bridgehead atoms. The number of anilines is 2. The van der Waals surface area contributed by atoms with Gasteiger partial charge in [-0.05, 0) is 43.9 Å². The van der Waals surface area contributed by atoms with Crippen LogP contribution in [0.5, 0.6) is 0 Å². The molecule has 130 valence electrons. The molecule has 24 heavy (non-hydrogen) atoms. The molecule has 1 unspecified atom stereocenters. The van der Waals surface area contributed by atoms with Gasteiger partial charge in [0, 0.05) is 31.2 Å². The van der Waals surface area contributed by atoms with Crippen LogP contribution in [0, 0.1) is 5.92 Å². The number of hydrogen-bond donors (Lipinski definition) is 2. The van der Waals surface area contributed by atoms with Crippen LogP contribution in [0.25, 0.3) is 0 Å². The third-order valence-electron chi connectivity index (χ3n) is 4.72. The van der Waals surface area contributed by atoms with Gasteiger partial charge in [0.1, 0.15) is 0 Å². The average Bonchev–Trinajstić information content (AvgIpc) is 3.06. The SMILES string of the molecule is O=C(O)C1CCN(C(=O)Nc2cc(Cl)ccc2N2CCCCC2)C1. The van der Waals surface area contributed by atoms with Crippen LogP contribution in [0.3, 0.4) is 0 Å². The van der Waals surface area contributed by atoms with E-state index in [1.165, 1.54) is 6.42 Å². The number of carboxylic acids is 1. The van der Waals surface area contributed by atoms with Gasteiger partial charge in [-0.2, -0.15) is 0 Å². The molecule has 2 fully saturated rings. The van der Waals surface area contributed by atoms with E-state index in [1.54, 1.807) is 11.0 Å². The largest absolute Gasteiger partial charge is 0.481 e. The van der Waals surface area contributed by atoms with Gasteiger partial charge in [-0.1, -0.05) is 11.6 Å². The summed E-state index contributed by atoms with van der Waals surface area (Å²) in [5, 5.41) is 12.6. The Morgan fingerprint density at radius 1 is 1.17 bits per heavy atom. The Kier molecular flexibility index (Phi) is 5.14. The van der Waals surface area contributed by atoms with E-state index in [-0.39, 0.29) is 12.6 Å². The lowest BCUT2D eigenvalue weighted by atomic mass is 10.1. The number of benzene rings is 1. The number of carbonyl (C=O) groups excluding carboxylic acids is 1. The maximum absolute atomic E-state index is 12.5. The number of carbonyl (C=O) groups is 2. The van der Waals surface area contributed by atoms with Crippen LogP contribution in [0.1, 0.15) is 25.7 Å². The average molecular weight is 352 g/mol. The molecule has 7 heteroatoms. The van der Waals surface area contributed by atoms with Gasteiger partial charge in [-0.25, -0.2) is 4.79 Å². The number of amides is 2. The number of nitrogens with one attached hydrogen (secondary N) is 1. The summed E-state index contributed by atoms with van der Waals surface area (Å²) in [6.45, 7) is 2.65. The van der Waals surface area contributed by atoms with E-state index in [1.807, 2.05) is 12.1 Å². The first kappa shape index (κ1) is 16.9. The van der Waals surface area contributed by atoms with Crippen LogP contribution in [0.2, 0.25) is 5.02 Å². The summed E-state index contributed by atoms with van der Waals surface area (Å²) in [5.41, 5.74) is 1.66. The monoisotopic (exact) mass is 351 g/mol. The molecular formula is C17H22ClN3O3.